The number of aromatic nitrogens is 1. The standard InChI is InChI=1S/C11H16BrNS/c1-2-8-3-4-10(12)5-11(8)9-6-13-14-7-9/h6-8,10-11H,2-5H2,1H3. The van der Waals surface area contributed by atoms with Crippen molar-refractivity contribution >= 4 is 27.5 Å². The van der Waals surface area contributed by atoms with Gasteiger partial charge in [0.2, 0.25) is 0 Å². The normalized spacial score (nSPS) is 33.1. The Kier molecular flexibility index (Phi) is 3.61. The molecule has 0 amide bonds. The Balaban J connectivity index is 2.13. The predicted octanol–water partition coefficient (Wildman–Crippen LogP) is 4.20. The van der Waals surface area contributed by atoms with E-state index in [2.05, 4.69) is 38.8 Å². The van der Waals surface area contributed by atoms with Crippen LogP contribution in [0.2, 0.25) is 0 Å². The third-order valence-corrected chi connectivity index (χ3v) is 4.77. The predicted molar refractivity (Wildman–Crippen MR) is 65.2 cm³/mol. The minimum Gasteiger partial charge on any atom is -0.201 e. The third kappa shape index (κ3) is 2.19. The van der Waals surface area contributed by atoms with E-state index < -0.39 is 0 Å². The number of rotatable bonds is 2. The molecular weight excluding hydrogens is 258 g/mol. The molecule has 0 saturated heterocycles. The zero-order chi connectivity index (χ0) is 9.97. The summed E-state index contributed by atoms with van der Waals surface area (Å²) in [7, 11) is 0. The zero-order valence-corrected chi connectivity index (χ0v) is 10.9. The molecule has 0 aromatic carbocycles. The Hall–Kier alpha value is 0.110. The molecule has 1 fully saturated rings. The Morgan fingerprint density at radius 3 is 3.07 bits per heavy atom. The highest BCUT2D eigenvalue weighted by molar-refractivity contribution is 9.09. The molecule has 0 bridgehead atoms. The van der Waals surface area contributed by atoms with Crippen molar-refractivity contribution in [2.24, 2.45) is 5.92 Å². The molecule has 1 saturated carbocycles. The van der Waals surface area contributed by atoms with Gasteiger partial charge in [0, 0.05) is 16.4 Å². The molecule has 1 nitrogen and oxygen atoms in total. The molecule has 1 heterocycles. The summed E-state index contributed by atoms with van der Waals surface area (Å²) in [6.45, 7) is 2.31. The summed E-state index contributed by atoms with van der Waals surface area (Å²) in [5, 5.41) is 2.22. The van der Waals surface area contributed by atoms with E-state index in [4.69, 9.17) is 0 Å². The molecule has 3 unspecified atom stereocenters. The van der Waals surface area contributed by atoms with E-state index in [0.29, 0.717) is 0 Å². The van der Waals surface area contributed by atoms with Gasteiger partial charge in [-0.05, 0) is 48.2 Å². The van der Waals surface area contributed by atoms with Gasteiger partial charge >= 0.3 is 0 Å². The number of hydrogen-bond acceptors (Lipinski definition) is 2. The SMILES string of the molecule is CCC1CCC(Br)CC1c1cnsc1. The van der Waals surface area contributed by atoms with E-state index in [1.165, 1.54) is 31.2 Å². The number of halogens is 1. The molecular formula is C11H16BrNS. The molecule has 1 aromatic heterocycles. The second-order valence-corrected chi connectivity index (χ2v) is 6.10. The van der Waals surface area contributed by atoms with Gasteiger partial charge in [0.1, 0.15) is 0 Å². The van der Waals surface area contributed by atoms with Crippen molar-refractivity contribution in [2.75, 3.05) is 0 Å². The van der Waals surface area contributed by atoms with Crippen molar-refractivity contribution in [3.05, 3.63) is 17.1 Å². The first-order chi connectivity index (χ1) is 6.81. The zero-order valence-electron chi connectivity index (χ0n) is 8.45. The summed E-state index contributed by atoms with van der Waals surface area (Å²) < 4.78 is 4.22. The van der Waals surface area contributed by atoms with Crippen LogP contribution in [-0.4, -0.2) is 9.20 Å². The minimum absolute atomic E-state index is 0.718. The summed E-state index contributed by atoms with van der Waals surface area (Å²) >= 11 is 5.34. The fourth-order valence-electron chi connectivity index (χ4n) is 2.47. The number of alkyl halides is 1. The van der Waals surface area contributed by atoms with Crippen LogP contribution in [0.5, 0.6) is 0 Å². The van der Waals surface area contributed by atoms with Gasteiger partial charge in [0.05, 0.1) is 0 Å². The van der Waals surface area contributed by atoms with E-state index in [1.54, 1.807) is 11.5 Å². The quantitative estimate of drug-likeness (QED) is 0.736. The Bertz CT molecular complexity index is 273. The van der Waals surface area contributed by atoms with E-state index in [1.807, 2.05) is 0 Å². The average Bonchev–Trinajstić information content (AvgIpc) is 2.70. The van der Waals surface area contributed by atoms with Gasteiger partial charge in [-0.1, -0.05) is 29.3 Å². The number of hydrogen-bond donors (Lipinski definition) is 0. The lowest BCUT2D eigenvalue weighted by Crippen LogP contribution is -2.22. The van der Waals surface area contributed by atoms with E-state index >= 15 is 0 Å². The largest absolute Gasteiger partial charge is 0.201 e. The van der Waals surface area contributed by atoms with Gasteiger partial charge in [-0.3, -0.25) is 0 Å². The second kappa shape index (κ2) is 4.75. The topological polar surface area (TPSA) is 12.9 Å². The minimum atomic E-state index is 0.718. The highest BCUT2D eigenvalue weighted by Gasteiger charge is 2.29. The van der Waals surface area contributed by atoms with Crippen LogP contribution in [0.4, 0.5) is 0 Å². The van der Waals surface area contributed by atoms with E-state index in [-0.39, 0.29) is 0 Å². The molecule has 3 heteroatoms. The molecule has 14 heavy (non-hydrogen) atoms. The third-order valence-electron chi connectivity index (χ3n) is 3.33. The van der Waals surface area contributed by atoms with Crippen LogP contribution in [0.3, 0.4) is 0 Å². The maximum Gasteiger partial charge on any atom is 0.0441 e. The highest BCUT2D eigenvalue weighted by Crippen LogP contribution is 2.42. The lowest BCUT2D eigenvalue weighted by molar-refractivity contribution is 0.308. The lowest BCUT2D eigenvalue weighted by Gasteiger charge is -2.33. The van der Waals surface area contributed by atoms with Crippen LogP contribution in [0.15, 0.2) is 11.6 Å². The van der Waals surface area contributed by atoms with Crippen molar-refractivity contribution in [3.63, 3.8) is 0 Å². The number of nitrogens with zero attached hydrogens (tertiary/aromatic N) is 1. The van der Waals surface area contributed by atoms with Crippen LogP contribution in [-0.2, 0) is 0 Å². The first kappa shape index (κ1) is 10.6. The first-order valence-electron chi connectivity index (χ1n) is 5.34. The Morgan fingerprint density at radius 2 is 2.43 bits per heavy atom. The van der Waals surface area contributed by atoms with Gasteiger partial charge in [0.15, 0.2) is 0 Å². The molecule has 1 aliphatic rings. The summed E-state index contributed by atoms with van der Waals surface area (Å²) in [4.78, 5) is 0.718. The van der Waals surface area contributed by atoms with Crippen molar-refractivity contribution in [1.82, 2.24) is 4.37 Å². The van der Waals surface area contributed by atoms with E-state index in [0.717, 1.165) is 16.7 Å². The lowest BCUT2D eigenvalue weighted by atomic mass is 9.75. The summed E-state index contributed by atoms with van der Waals surface area (Å²) in [6.07, 6.45) is 7.36. The van der Waals surface area contributed by atoms with Crippen molar-refractivity contribution < 1.29 is 0 Å². The maximum atomic E-state index is 4.22. The second-order valence-electron chi connectivity index (χ2n) is 4.14. The monoisotopic (exact) mass is 273 g/mol. The van der Waals surface area contributed by atoms with Crippen molar-refractivity contribution in [1.29, 1.82) is 0 Å². The van der Waals surface area contributed by atoms with Crippen LogP contribution in [0, 0.1) is 5.92 Å². The molecule has 0 aliphatic heterocycles. The van der Waals surface area contributed by atoms with Gasteiger partial charge in [-0.2, -0.15) is 0 Å². The fraction of sp³-hybridized carbons (Fsp3) is 0.727. The Labute approximate surface area is 98.2 Å². The first-order valence-corrected chi connectivity index (χ1v) is 7.09. The van der Waals surface area contributed by atoms with Crippen molar-refractivity contribution in [3.8, 4) is 0 Å². The maximum absolute atomic E-state index is 4.22. The Morgan fingerprint density at radius 1 is 1.57 bits per heavy atom. The van der Waals surface area contributed by atoms with Crippen LogP contribution in [0.25, 0.3) is 0 Å². The molecule has 0 spiro atoms. The van der Waals surface area contributed by atoms with Gasteiger partial charge in [-0.25, -0.2) is 4.37 Å². The average molecular weight is 274 g/mol. The smallest absolute Gasteiger partial charge is 0.0441 e. The summed E-state index contributed by atoms with van der Waals surface area (Å²) in [5.41, 5.74) is 1.46. The summed E-state index contributed by atoms with van der Waals surface area (Å²) in [6, 6.07) is 0. The highest BCUT2D eigenvalue weighted by atomic mass is 79.9. The summed E-state index contributed by atoms with van der Waals surface area (Å²) in [5.74, 6) is 1.62. The van der Waals surface area contributed by atoms with E-state index in [9.17, 15) is 0 Å². The van der Waals surface area contributed by atoms with Crippen LogP contribution in [0.1, 0.15) is 44.1 Å². The molecule has 2 rings (SSSR count). The molecule has 1 aromatic rings. The van der Waals surface area contributed by atoms with Crippen LogP contribution >= 0.6 is 27.5 Å². The molecule has 3 atom stereocenters. The van der Waals surface area contributed by atoms with Gasteiger partial charge in [0.25, 0.3) is 0 Å². The van der Waals surface area contributed by atoms with Gasteiger partial charge < -0.3 is 0 Å². The molecule has 0 N–H and O–H groups in total. The molecule has 78 valence electrons. The van der Waals surface area contributed by atoms with Crippen molar-refractivity contribution in [2.45, 2.75) is 43.4 Å². The van der Waals surface area contributed by atoms with Gasteiger partial charge in [-0.15, -0.1) is 0 Å². The molecule has 0 radical (unpaired) electrons. The molecule has 1 aliphatic carbocycles. The van der Waals surface area contributed by atoms with Crippen LogP contribution < -0.4 is 0 Å². The fourth-order valence-corrected chi connectivity index (χ4v) is 3.74.